The minimum Gasteiger partial charge on any atom is -0.368 e. The number of carbonyl (C=O) groups is 2. The Balaban J connectivity index is 0.000000146. The Kier molecular flexibility index (Phi) is 10.4. The Labute approximate surface area is 300 Å². The molecule has 0 fully saturated rings. The molecule has 0 atom stereocenters. The molecule has 0 saturated carbocycles. The largest absolute Gasteiger partial charge is 0.368 e. The van der Waals surface area contributed by atoms with Crippen LogP contribution in [0.4, 0.5) is 29.0 Å². The highest BCUT2D eigenvalue weighted by Gasteiger charge is 2.22. The van der Waals surface area contributed by atoms with Crippen molar-refractivity contribution in [3.63, 3.8) is 0 Å². The van der Waals surface area contributed by atoms with Crippen molar-refractivity contribution < 1.29 is 9.59 Å². The molecule has 6 aromatic rings. The van der Waals surface area contributed by atoms with Crippen molar-refractivity contribution in [2.45, 2.75) is 12.8 Å². The molecule has 4 heterocycles. The van der Waals surface area contributed by atoms with E-state index in [1.54, 1.807) is 36.7 Å². The number of nitrogens with two attached hydrogens (primary N) is 1. The Morgan fingerprint density at radius 3 is 1.71 bits per heavy atom. The third-order valence-electron chi connectivity index (χ3n) is 7.23. The summed E-state index contributed by atoms with van der Waals surface area (Å²) in [7, 11) is 0. The number of amides is 2. The number of carbonyl (C=O) groups excluding carboxylic acids is 2. The maximum Gasteiger partial charge on any atom is 0.228 e. The van der Waals surface area contributed by atoms with Crippen molar-refractivity contribution in [3.05, 3.63) is 135 Å². The molecule has 0 aliphatic carbocycles. The smallest absolute Gasteiger partial charge is 0.228 e. The third kappa shape index (κ3) is 8.57. The zero-order valence-corrected chi connectivity index (χ0v) is 28.7. The molecule has 4 aromatic carbocycles. The molecule has 8 rings (SSSR count). The first-order valence-corrected chi connectivity index (χ1v) is 16.5. The summed E-state index contributed by atoms with van der Waals surface area (Å²) in [6, 6.07) is 30.3. The number of halogens is 3. The Morgan fingerprint density at radius 2 is 1.18 bits per heavy atom. The van der Waals surface area contributed by atoms with Crippen LogP contribution >= 0.6 is 39.1 Å². The van der Waals surface area contributed by atoms with Gasteiger partial charge < -0.3 is 21.7 Å². The molecule has 0 saturated heterocycles. The van der Waals surface area contributed by atoms with E-state index in [0.29, 0.717) is 33.1 Å². The average Bonchev–Trinajstić information content (AvgIpc) is 3.30. The van der Waals surface area contributed by atoms with Crippen molar-refractivity contribution in [1.82, 2.24) is 19.9 Å². The molecule has 0 bridgehead atoms. The van der Waals surface area contributed by atoms with E-state index >= 15 is 0 Å². The maximum atomic E-state index is 12.1. The van der Waals surface area contributed by atoms with Gasteiger partial charge in [-0.25, -0.2) is 19.9 Å². The van der Waals surface area contributed by atoms with Gasteiger partial charge in [-0.3, -0.25) is 9.59 Å². The first kappa shape index (κ1) is 33.5. The first-order chi connectivity index (χ1) is 23.7. The van der Waals surface area contributed by atoms with Crippen LogP contribution in [-0.4, -0.2) is 31.8 Å². The molecule has 49 heavy (non-hydrogen) atoms. The lowest BCUT2D eigenvalue weighted by molar-refractivity contribution is -0.116. The van der Waals surface area contributed by atoms with Gasteiger partial charge in [-0.15, -0.1) is 0 Å². The highest BCUT2D eigenvalue weighted by molar-refractivity contribution is 9.10. The quantitative estimate of drug-likeness (QED) is 0.138. The van der Waals surface area contributed by atoms with E-state index in [4.69, 9.17) is 28.9 Å². The van der Waals surface area contributed by atoms with Crippen molar-refractivity contribution in [3.8, 4) is 22.5 Å². The second-order valence-corrected chi connectivity index (χ2v) is 12.6. The highest BCUT2D eigenvalue weighted by Crippen LogP contribution is 2.36. The fourth-order valence-corrected chi connectivity index (χ4v) is 5.71. The topological polar surface area (TPSA) is 148 Å². The summed E-state index contributed by atoms with van der Waals surface area (Å²) in [5, 5.41) is 9.96. The van der Waals surface area contributed by atoms with E-state index < -0.39 is 0 Å². The number of para-hydroxylation sites is 1. The zero-order valence-electron chi connectivity index (χ0n) is 25.6. The van der Waals surface area contributed by atoms with Gasteiger partial charge in [0.1, 0.15) is 0 Å². The van der Waals surface area contributed by atoms with E-state index in [-0.39, 0.29) is 30.6 Å². The standard InChI is InChI=1S/C18H13ClN4O.C12H9ClN4O.C6H5Br/c19-12-6-7-14-15(9-12)22-16(24)8-11-10-20-18(23-17(11)14)21-13-4-2-1-3-5-13;13-7-1-2-8-9(4-7)16-10(18)3-6-5-15-12(14)17-11(6)8;7-6-4-2-1-3-5-6/h1-7,9-10H,8H2,(H,22,24)(H,20,21,23);1-2,4-5H,3H2,(H,16,18)(H2,14,15,17);1-5H. The van der Waals surface area contributed by atoms with Crippen molar-refractivity contribution in [1.29, 1.82) is 0 Å². The number of nitrogen functional groups attached to an aromatic ring is 1. The van der Waals surface area contributed by atoms with Gasteiger partial charge in [0.15, 0.2) is 0 Å². The van der Waals surface area contributed by atoms with Crippen LogP contribution in [0.5, 0.6) is 0 Å². The lowest BCUT2D eigenvalue weighted by Crippen LogP contribution is -2.12. The van der Waals surface area contributed by atoms with Gasteiger partial charge in [0.2, 0.25) is 23.7 Å². The summed E-state index contributed by atoms with van der Waals surface area (Å²) in [5.41, 5.74) is 12.4. The van der Waals surface area contributed by atoms with Gasteiger partial charge in [-0.2, -0.15) is 0 Å². The first-order valence-electron chi connectivity index (χ1n) is 14.9. The van der Waals surface area contributed by atoms with E-state index in [2.05, 4.69) is 51.8 Å². The molecule has 10 nitrogen and oxygen atoms in total. The van der Waals surface area contributed by atoms with Crippen LogP contribution in [0.1, 0.15) is 11.1 Å². The predicted molar refractivity (Wildman–Crippen MR) is 198 cm³/mol. The van der Waals surface area contributed by atoms with Crippen LogP contribution in [-0.2, 0) is 22.4 Å². The van der Waals surface area contributed by atoms with Crippen LogP contribution in [0.15, 0.2) is 114 Å². The van der Waals surface area contributed by atoms with Crippen LogP contribution < -0.4 is 21.7 Å². The molecule has 2 amide bonds. The number of aromatic nitrogens is 4. The summed E-state index contributed by atoms with van der Waals surface area (Å²) in [6.07, 6.45) is 3.73. The van der Waals surface area contributed by atoms with Crippen LogP contribution in [0.25, 0.3) is 22.5 Å². The Morgan fingerprint density at radius 1 is 0.673 bits per heavy atom. The molecule has 13 heteroatoms. The minimum absolute atomic E-state index is 0.107. The molecule has 244 valence electrons. The molecule has 0 unspecified atom stereocenters. The monoisotopic (exact) mass is 752 g/mol. The van der Waals surface area contributed by atoms with Gasteiger partial charge in [0, 0.05) is 54.9 Å². The lowest BCUT2D eigenvalue weighted by Gasteiger charge is -2.10. The summed E-state index contributed by atoms with van der Waals surface area (Å²) in [5.74, 6) is 0.439. The van der Waals surface area contributed by atoms with E-state index in [0.717, 1.165) is 38.1 Å². The van der Waals surface area contributed by atoms with E-state index in [9.17, 15) is 9.59 Å². The average molecular weight is 754 g/mol. The molecular formula is C36H27BrCl2N8O2. The number of nitrogens with zero attached hydrogens (tertiary/aromatic N) is 4. The summed E-state index contributed by atoms with van der Waals surface area (Å²) < 4.78 is 1.13. The zero-order chi connectivity index (χ0) is 34.3. The van der Waals surface area contributed by atoms with E-state index in [1.165, 1.54) is 0 Å². The lowest BCUT2D eigenvalue weighted by atomic mass is 10.1. The number of fused-ring (bicyclic) bond motifs is 6. The minimum atomic E-state index is -0.120. The normalized spacial score (nSPS) is 12.3. The van der Waals surface area contributed by atoms with Crippen molar-refractivity contribution in [2.75, 3.05) is 21.7 Å². The maximum absolute atomic E-state index is 12.1. The fourth-order valence-electron chi connectivity index (χ4n) is 5.07. The second kappa shape index (κ2) is 15.2. The summed E-state index contributed by atoms with van der Waals surface area (Å²) in [6.45, 7) is 0. The van der Waals surface area contributed by atoms with Crippen molar-refractivity contribution >= 4 is 79.9 Å². The van der Waals surface area contributed by atoms with Crippen molar-refractivity contribution in [2.24, 2.45) is 0 Å². The number of nitrogens with one attached hydrogen (secondary N) is 3. The number of benzene rings is 4. The molecular weight excluding hydrogens is 727 g/mol. The molecule has 5 N–H and O–H groups in total. The summed E-state index contributed by atoms with van der Waals surface area (Å²) >= 11 is 15.3. The third-order valence-corrected chi connectivity index (χ3v) is 8.23. The molecule has 2 aromatic heterocycles. The fraction of sp³-hybridized carbons (Fsp3) is 0.0556. The molecule has 2 aliphatic heterocycles. The number of hydrogen-bond acceptors (Lipinski definition) is 8. The number of rotatable bonds is 2. The van der Waals surface area contributed by atoms with Crippen LogP contribution in [0.3, 0.4) is 0 Å². The predicted octanol–water partition coefficient (Wildman–Crippen LogP) is 8.36. The number of hydrogen-bond donors (Lipinski definition) is 4. The van der Waals surface area contributed by atoms with Gasteiger partial charge >= 0.3 is 0 Å². The number of anilines is 5. The molecule has 0 radical (unpaired) electrons. The SMILES string of the molecule is Brc1ccccc1.Nc1ncc2c(n1)-c1ccc(Cl)cc1NC(=O)C2.O=C1Cc2cnc(Nc3ccccc3)nc2-c2ccc(Cl)cc2N1. The van der Waals surface area contributed by atoms with Crippen LogP contribution in [0, 0.1) is 0 Å². The van der Waals surface area contributed by atoms with Gasteiger partial charge in [0.05, 0.1) is 35.6 Å². The van der Waals surface area contributed by atoms with Gasteiger partial charge in [-0.05, 0) is 60.7 Å². The van der Waals surface area contributed by atoms with Crippen LogP contribution in [0.2, 0.25) is 10.0 Å². The molecule has 0 spiro atoms. The van der Waals surface area contributed by atoms with Gasteiger partial charge in [-0.1, -0.05) is 75.5 Å². The molecule has 2 aliphatic rings. The Bertz CT molecular complexity index is 2150. The second-order valence-electron chi connectivity index (χ2n) is 10.8. The highest BCUT2D eigenvalue weighted by atomic mass is 79.9. The summed E-state index contributed by atoms with van der Waals surface area (Å²) in [4.78, 5) is 40.9. The van der Waals surface area contributed by atoms with E-state index in [1.807, 2.05) is 72.8 Å². The Hall–Kier alpha value is -5.36. The van der Waals surface area contributed by atoms with Gasteiger partial charge in [0.25, 0.3) is 0 Å².